The van der Waals surface area contributed by atoms with Crippen molar-refractivity contribution in [3.8, 4) is 11.5 Å². The van der Waals surface area contributed by atoms with Gasteiger partial charge in [0.25, 0.3) is 0 Å². The molecule has 1 aliphatic heterocycles. The van der Waals surface area contributed by atoms with Gasteiger partial charge in [-0.15, -0.1) is 0 Å². The van der Waals surface area contributed by atoms with E-state index >= 15 is 0 Å². The Morgan fingerprint density at radius 3 is 2.92 bits per heavy atom. The number of benzene rings is 2. The summed E-state index contributed by atoms with van der Waals surface area (Å²) >= 11 is 0. The van der Waals surface area contributed by atoms with Crippen molar-refractivity contribution in [3.63, 3.8) is 0 Å². The lowest BCUT2D eigenvalue weighted by molar-refractivity contribution is -0.121. The second-order valence-corrected chi connectivity index (χ2v) is 6.22. The van der Waals surface area contributed by atoms with Crippen LogP contribution in [-0.2, 0) is 11.3 Å². The highest BCUT2D eigenvalue weighted by Gasteiger charge is 2.16. The van der Waals surface area contributed by atoms with Crippen LogP contribution in [0.3, 0.4) is 0 Å². The van der Waals surface area contributed by atoms with Crippen molar-refractivity contribution in [2.45, 2.75) is 25.9 Å². The third-order valence-electron chi connectivity index (χ3n) is 4.53. The van der Waals surface area contributed by atoms with Crippen LogP contribution >= 0.6 is 0 Å². The van der Waals surface area contributed by atoms with Crippen molar-refractivity contribution in [3.05, 3.63) is 60.3 Å². The van der Waals surface area contributed by atoms with Crippen molar-refractivity contribution in [2.24, 2.45) is 0 Å². The van der Waals surface area contributed by atoms with E-state index in [0.717, 1.165) is 22.6 Å². The van der Waals surface area contributed by atoms with Gasteiger partial charge in [0.2, 0.25) is 12.7 Å². The number of nitrogens with one attached hydrogen (secondary N) is 1. The fourth-order valence-electron chi connectivity index (χ4n) is 3.14. The fraction of sp³-hybridized carbons (Fsp3) is 0.250. The molecule has 1 amide bonds. The van der Waals surface area contributed by atoms with Crippen LogP contribution in [-0.4, -0.2) is 17.3 Å². The molecule has 1 aliphatic rings. The maximum absolute atomic E-state index is 12.3. The van der Waals surface area contributed by atoms with Gasteiger partial charge in [-0.2, -0.15) is 0 Å². The Hall–Kier alpha value is -2.95. The second kappa shape index (κ2) is 6.51. The molecule has 0 bridgehead atoms. The molecule has 128 valence electrons. The van der Waals surface area contributed by atoms with Gasteiger partial charge >= 0.3 is 0 Å². The molecule has 0 fully saturated rings. The molecule has 1 N–H and O–H groups in total. The minimum Gasteiger partial charge on any atom is -0.454 e. The van der Waals surface area contributed by atoms with Gasteiger partial charge in [-0.1, -0.05) is 24.3 Å². The van der Waals surface area contributed by atoms with E-state index in [-0.39, 0.29) is 18.7 Å². The Kier molecular flexibility index (Phi) is 4.06. The average Bonchev–Trinajstić information content (AvgIpc) is 3.26. The largest absolute Gasteiger partial charge is 0.454 e. The zero-order chi connectivity index (χ0) is 17.2. The molecule has 25 heavy (non-hydrogen) atoms. The molecule has 0 spiro atoms. The quantitative estimate of drug-likeness (QED) is 0.774. The summed E-state index contributed by atoms with van der Waals surface area (Å²) in [5, 5.41) is 4.24. The molecule has 0 aliphatic carbocycles. The summed E-state index contributed by atoms with van der Waals surface area (Å²) in [6.45, 7) is 2.89. The third-order valence-corrected chi connectivity index (χ3v) is 4.53. The first kappa shape index (κ1) is 15.6. The summed E-state index contributed by atoms with van der Waals surface area (Å²) < 4.78 is 12.8. The van der Waals surface area contributed by atoms with Crippen LogP contribution in [0, 0.1) is 0 Å². The van der Waals surface area contributed by atoms with Gasteiger partial charge in [0.05, 0.1) is 6.04 Å². The van der Waals surface area contributed by atoms with E-state index in [1.165, 1.54) is 5.39 Å². The van der Waals surface area contributed by atoms with Crippen LogP contribution in [0.25, 0.3) is 10.9 Å². The molecular weight excluding hydrogens is 316 g/mol. The number of fused-ring (bicyclic) bond motifs is 2. The van der Waals surface area contributed by atoms with E-state index in [4.69, 9.17) is 9.47 Å². The Morgan fingerprint density at radius 1 is 1.16 bits per heavy atom. The van der Waals surface area contributed by atoms with Crippen LogP contribution in [0.5, 0.6) is 11.5 Å². The van der Waals surface area contributed by atoms with Crippen LogP contribution in [0.15, 0.2) is 54.7 Å². The van der Waals surface area contributed by atoms with E-state index in [0.29, 0.717) is 13.0 Å². The summed E-state index contributed by atoms with van der Waals surface area (Å²) in [4.78, 5) is 12.3. The molecule has 5 nitrogen and oxygen atoms in total. The number of aromatic nitrogens is 1. The van der Waals surface area contributed by atoms with Crippen LogP contribution in [0.4, 0.5) is 0 Å². The molecule has 1 unspecified atom stereocenters. The first-order valence-electron chi connectivity index (χ1n) is 8.43. The van der Waals surface area contributed by atoms with E-state index < -0.39 is 0 Å². The normalized spacial score (nSPS) is 13.8. The number of para-hydroxylation sites is 1. The van der Waals surface area contributed by atoms with Crippen LogP contribution in [0.2, 0.25) is 0 Å². The van der Waals surface area contributed by atoms with Gasteiger partial charge < -0.3 is 19.4 Å². The second-order valence-electron chi connectivity index (χ2n) is 6.22. The number of nitrogens with zero attached hydrogens (tertiary/aromatic N) is 1. The highest BCUT2D eigenvalue weighted by Crippen LogP contribution is 2.34. The van der Waals surface area contributed by atoms with Gasteiger partial charge in [-0.3, -0.25) is 4.79 Å². The molecule has 1 atom stereocenters. The molecule has 0 radical (unpaired) electrons. The number of carbonyl (C=O) groups is 1. The van der Waals surface area contributed by atoms with Crippen molar-refractivity contribution in [1.82, 2.24) is 9.88 Å². The predicted octanol–water partition coefficient (Wildman–Crippen LogP) is 3.64. The molecule has 0 saturated heterocycles. The van der Waals surface area contributed by atoms with E-state index in [1.807, 2.05) is 43.5 Å². The lowest BCUT2D eigenvalue weighted by Crippen LogP contribution is -2.27. The highest BCUT2D eigenvalue weighted by molar-refractivity contribution is 5.80. The smallest absolute Gasteiger partial charge is 0.231 e. The Morgan fingerprint density at radius 2 is 2.00 bits per heavy atom. The van der Waals surface area contributed by atoms with Crippen LogP contribution in [0.1, 0.15) is 24.9 Å². The summed E-state index contributed by atoms with van der Waals surface area (Å²) in [6.07, 6.45) is 2.47. The van der Waals surface area contributed by atoms with Gasteiger partial charge in [-0.25, -0.2) is 0 Å². The maximum Gasteiger partial charge on any atom is 0.231 e. The number of hydrogen-bond donors (Lipinski definition) is 1. The molecule has 5 heteroatoms. The first-order chi connectivity index (χ1) is 12.2. The minimum absolute atomic E-state index is 0.0305. The third kappa shape index (κ3) is 3.18. The number of ether oxygens (including phenoxy) is 2. The molecule has 2 heterocycles. The monoisotopic (exact) mass is 336 g/mol. The SMILES string of the molecule is CC(NC(=O)CCn1ccc2ccccc21)c1ccc2c(c1)OCO2. The topological polar surface area (TPSA) is 52.5 Å². The molecule has 0 saturated carbocycles. The van der Waals surface area contributed by atoms with Crippen LogP contribution < -0.4 is 14.8 Å². The Bertz CT molecular complexity index is 916. The number of aryl methyl sites for hydroxylation is 1. The number of carbonyl (C=O) groups excluding carboxylic acids is 1. The number of rotatable bonds is 5. The summed E-state index contributed by atoms with van der Waals surface area (Å²) in [7, 11) is 0. The fourth-order valence-corrected chi connectivity index (χ4v) is 3.14. The van der Waals surface area contributed by atoms with E-state index in [2.05, 4.69) is 28.1 Å². The van der Waals surface area contributed by atoms with Crippen molar-refractivity contribution >= 4 is 16.8 Å². The predicted molar refractivity (Wildman–Crippen MR) is 95.7 cm³/mol. The highest BCUT2D eigenvalue weighted by atomic mass is 16.7. The van der Waals surface area contributed by atoms with Gasteiger partial charge in [-0.05, 0) is 42.1 Å². The van der Waals surface area contributed by atoms with Gasteiger partial charge in [0.1, 0.15) is 0 Å². The minimum atomic E-state index is -0.0802. The van der Waals surface area contributed by atoms with Crippen molar-refractivity contribution < 1.29 is 14.3 Å². The van der Waals surface area contributed by atoms with Crippen molar-refractivity contribution in [1.29, 1.82) is 0 Å². The number of hydrogen-bond acceptors (Lipinski definition) is 3. The first-order valence-corrected chi connectivity index (χ1v) is 8.43. The zero-order valence-electron chi connectivity index (χ0n) is 14.1. The zero-order valence-corrected chi connectivity index (χ0v) is 14.1. The summed E-state index contributed by atoms with van der Waals surface area (Å²) in [5.74, 6) is 1.52. The van der Waals surface area contributed by atoms with Gasteiger partial charge in [0, 0.05) is 24.7 Å². The summed E-state index contributed by atoms with van der Waals surface area (Å²) in [6, 6.07) is 15.9. The Labute approximate surface area is 146 Å². The summed E-state index contributed by atoms with van der Waals surface area (Å²) in [5.41, 5.74) is 2.16. The van der Waals surface area contributed by atoms with E-state index in [1.54, 1.807) is 0 Å². The lowest BCUT2D eigenvalue weighted by Gasteiger charge is -2.15. The van der Waals surface area contributed by atoms with Gasteiger partial charge in [0.15, 0.2) is 11.5 Å². The standard InChI is InChI=1S/C20H20N2O3/c1-14(16-6-7-18-19(12-16)25-13-24-18)21-20(23)9-11-22-10-8-15-4-2-3-5-17(15)22/h2-8,10,12,14H,9,11,13H2,1H3,(H,21,23). The number of amides is 1. The lowest BCUT2D eigenvalue weighted by atomic mass is 10.1. The Balaban J connectivity index is 1.37. The molecule has 4 rings (SSSR count). The average molecular weight is 336 g/mol. The van der Waals surface area contributed by atoms with E-state index in [9.17, 15) is 4.79 Å². The molecule has 3 aromatic rings. The maximum atomic E-state index is 12.3. The molecule has 2 aromatic carbocycles. The molecular formula is C20H20N2O3. The van der Waals surface area contributed by atoms with Crippen molar-refractivity contribution in [2.75, 3.05) is 6.79 Å². The molecule has 1 aromatic heterocycles.